The molecule has 0 fully saturated rings. The van der Waals surface area contributed by atoms with Gasteiger partial charge in [-0.3, -0.25) is 4.98 Å². The van der Waals surface area contributed by atoms with Gasteiger partial charge in [-0.1, -0.05) is 0 Å². The number of rotatable bonds is 5. The van der Waals surface area contributed by atoms with Crippen molar-refractivity contribution in [1.82, 2.24) is 15.0 Å². The largest absolute Gasteiger partial charge is 0.494 e. The number of carboxylic acid groups (broad SMARTS) is 1. The highest BCUT2D eigenvalue weighted by atomic mass is 19.4. The fraction of sp³-hybridized carbons (Fsp3) is 0.143. The van der Waals surface area contributed by atoms with E-state index in [-0.39, 0.29) is 17.5 Å². The third-order valence-electron chi connectivity index (χ3n) is 4.37. The maximum absolute atomic E-state index is 14.2. The molecule has 0 radical (unpaired) electrons. The molecule has 36 heavy (non-hydrogen) atoms. The predicted molar refractivity (Wildman–Crippen MR) is 117 cm³/mol. The Balaban J connectivity index is 0.000000454. The molecule has 0 atom stereocenters. The van der Waals surface area contributed by atoms with Gasteiger partial charge in [0, 0.05) is 17.4 Å². The number of hydrogen-bond acceptors (Lipinski definition) is 8. The van der Waals surface area contributed by atoms with Crippen molar-refractivity contribution >= 4 is 40.2 Å². The van der Waals surface area contributed by atoms with Crippen LogP contribution in [0.15, 0.2) is 45.7 Å². The molecular formula is C21H16F5N5O5. The van der Waals surface area contributed by atoms with Crippen LogP contribution in [0.25, 0.3) is 11.1 Å². The zero-order valence-corrected chi connectivity index (χ0v) is 18.3. The highest BCUT2D eigenvalue weighted by molar-refractivity contribution is 5.78. The third-order valence-corrected chi connectivity index (χ3v) is 4.37. The van der Waals surface area contributed by atoms with Crippen LogP contribution in [-0.4, -0.2) is 39.3 Å². The number of H-pyrrole nitrogens is 1. The minimum Gasteiger partial charge on any atom is -0.494 e. The van der Waals surface area contributed by atoms with Crippen LogP contribution in [-0.2, 0) is 4.79 Å². The molecule has 2 aromatic carbocycles. The van der Waals surface area contributed by atoms with Crippen molar-refractivity contribution in [2.75, 3.05) is 17.7 Å². The maximum atomic E-state index is 14.2. The number of carboxylic acids is 1. The number of aryl methyl sites for hydroxylation is 1. The molecular weight excluding hydrogens is 497 g/mol. The summed E-state index contributed by atoms with van der Waals surface area (Å²) < 4.78 is 69.8. The molecule has 0 saturated heterocycles. The summed E-state index contributed by atoms with van der Waals surface area (Å²) >= 11 is 0. The summed E-state index contributed by atoms with van der Waals surface area (Å²) in [5.74, 6) is -4.40. The van der Waals surface area contributed by atoms with Crippen molar-refractivity contribution in [3.8, 4) is 5.75 Å². The van der Waals surface area contributed by atoms with E-state index in [1.165, 1.54) is 13.2 Å². The summed E-state index contributed by atoms with van der Waals surface area (Å²) in [4.78, 5) is 30.7. The zero-order valence-electron chi connectivity index (χ0n) is 18.3. The lowest BCUT2D eigenvalue weighted by Crippen LogP contribution is -2.21. The lowest BCUT2D eigenvalue weighted by Gasteiger charge is -2.11. The summed E-state index contributed by atoms with van der Waals surface area (Å²) in [7, 11) is 1.36. The van der Waals surface area contributed by atoms with Gasteiger partial charge in [-0.15, -0.1) is 0 Å². The van der Waals surface area contributed by atoms with Gasteiger partial charge < -0.3 is 24.9 Å². The fourth-order valence-corrected chi connectivity index (χ4v) is 2.77. The predicted octanol–water partition coefficient (Wildman–Crippen LogP) is 4.63. The van der Waals surface area contributed by atoms with Gasteiger partial charge in [0.15, 0.2) is 28.8 Å². The second kappa shape index (κ2) is 10.3. The van der Waals surface area contributed by atoms with E-state index in [0.29, 0.717) is 28.0 Å². The average Bonchev–Trinajstić information content (AvgIpc) is 3.17. The first-order chi connectivity index (χ1) is 16.9. The van der Waals surface area contributed by atoms with Gasteiger partial charge in [-0.05, 0) is 36.8 Å². The molecule has 4 aromatic rings. The van der Waals surface area contributed by atoms with Crippen LogP contribution < -0.4 is 21.1 Å². The molecule has 190 valence electrons. The number of aliphatic carboxylic acids is 1. The first kappa shape index (κ1) is 25.9. The van der Waals surface area contributed by atoms with Gasteiger partial charge in [0.2, 0.25) is 5.95 Å². The van der Waals surface area contributed by atoms with Crippen LogP contribution in [0, 0.1) is 18.6 Å². The van der Waals surface area contributed by atoms with Crippen LogP contribution in [0.4, 0.5) is 45.1 Å². The fourth-order valence-electron chi connectivity index (χ4n) is 2.77. The van der Waals surface area contributed by atoms with E-state index in [1.807, 2.05) is 0 Å². The number of hydrogen-bond donors (Lipinski definition) is 4. The number of anilines is 4. The number of carbonyl (C=O) groups is 1. The Hall–Kier alpha value is -4.69. The van der Waals surface area contributed by atoms with Crippen LogP contribution in [0.3, 0.4) is 0 Å². The molecule has 0 unspecified atom stereocenters. The molecule has 0 aliphatic rings. The van der Waals surface area contributed by atoms with Crippen molar-refractivity contribution in [2.45, 2.75) is 13.1 Å². The van der Waals surface area contributed by atoms with E-state index in [2.05, 4.69) is 25.6 Å². The molecule has 0 spiro atoms. The Kier molecular flexibility index (Phi) is 7.41. The van der Waals surface area contributed by atoms with Crippen LogP contribution in [0.5, 0.6) is 5.75 Å². The molecule has 0 amide bonds. The topological polar surface area (TPSA) is 142 Å². The van der Waals surface area contributed by atoms with Crippen molar-refractivity contribution in [3.63, 3.8) is 0 Å². The van der Waals surface area contributed by atoms with Crippen LogP contribution in [0.2, 0.25) is 0 Å². The molecule has 0 aliphatic carbocycles. The van der Waals surface area contributed by atoms with E-state index in [1.54, 1.807) is 31.2 Å². The highest BCUT2D eigenvalue weighted by Crippen LogP contribution is 2.28. The Morgan fingerprint density at radius 3 is 2.47 bits per heavy atom. The summed E-state index contributed by atoms with van der Waals surface area (Å²) in [5.41, 5.74) is 2.18. The van der Waals surface area contributed by atoms with E-state index in [4.69, 9.17) is 19.1 Å². The van der Waals surface area contributed by atoms with Gasteiger partial charge in [-0.2, -0.15) is 18.2 Å². The Morgan fingerprint density at radius 1 is 1.14 bits per heavy atom. The van der Waals surface area contributed by atoms with Crippen LogP contribution >= 0.6 is 0 Å². The van der Waals surface area contributed by atoms with Gasteiger partial charge in [0.05, 0.1) is 18.8 Å². The van der Waals surface area contributed by atoms with E-state index >= 15 is 0 Å². The number of fused-ring (bicyclic) bond motifs is 1. The molecule has 2 heterocycles. The first-order valence-corrected chi connectivity index (χ1v) is 9.71. The third kappa shape index (κ3) is 6.25. The van der Waals surface area contributed by atoms with Gasteiger partial charge in [-0.25, -0.2) is 23.4 Å². The molecule has 0 bridgehead atoms. The highest BCUT2D eigenvalue weighted by Gasteiger charge is 2.38. The summed E-state index contributed by atoms with van der Waals surface area (Å²) in [6.07, 6.45) is -4.08. The van der Waals surface area contributed by atoms with Crippen LogP contribution in [0.1, 0.15) is 5.56 Å². The van der Waals surface area contributed by atoms with Crippen molar-refractivity contribution in [2.24, 2.45) is 0 Å². The molecule has 0 aliphatic heterocycles. The van der Waals surface area contributed by atoms with Crippen molar-refractivity contribution in [3.05, 3.63) is 64.3 Å². The van der Waals surface area contributed by atoms with E-state index < -0.39 is 29.5 Å². The molecule has 15 heteroatoms. The number of nitrogens with one attached hydrogen (secondary N) is 3. The minimum atomic E-state index is -5.08. The number of benzene rings is 2. The number of ether oxygens (including phenoxy) is 1. The number of nitrogens with zero attached hydrogens (tertiary/aromatic N) is 2. The minimum absolute atomic E-state index is 0.0652. The number of oxazole rings is 1. The SMILES string of the molecule is COc1cc(Nc2ncc(F)c(Nc3ccc4oc(=O)[nH]c4c3)n2)cc(C)c1F.O=C(O)C(F)(F)F. The van der Waals surface area contributed by atoms with Gasteiger partial charge >= 0.3 is 17.9 Å². The van der Waals surface area contributed by atoms with Crippen molar-refractivity contribution < 1.29 is 41.0 Å². The maximum Gasteiger partial charge on any atom is 0.490 e. The monoisotopic (exact) mass is 513 g/mol. The smallest absolute Gasteiger partial charge is 0.490 e. The molecule has 2 aromatic heterocycles. The standard InChI is InChI=1S/C19H15F2N5O3.C2HF3O2/c1-9-5-11(7-15(28-2)16(9)21)24-18-22-8-12(20)17(26-18)23-10-3-4-14-13(6-10)25-19(27)29-14;3-2(4,5)1(6)7/h3-8H,1-2H3,(H,25,27)(H2,22,23,24,26);(H,6,7). The zero-order chi connectivity index (χ0) is 26.6. The number of aromatic nitrogens is 3. The molecule has 4 N–H and O–H groups in total. The number of methoxy groups -OCH3 is 1. The summed E-state index contributed by atoms with van der Waals surface area (Å²) in [6.45, 7) is 1.60. The van der Waals surface area contributed by atoms with E-state index in [0.717, 1.165) is 6.20 Å². The normalized spacial score (nSPS) is 11.0. The summed E-state index contributed by atoms with van der Waals surface area (Å²) in [6, 6.07) is 7.78. The first-order valence-electron chi connectivity index (χ1n) is 9.71. The Morgan fingerprint density at radius 2 is 1.83 bits per heavy atom. The Labute approximate surface area is 197 Å². The second-order valence-electron chi connectivity index (χ2n) is 6.98. The van der Waals surface area contributed by atoms with Gasteiger partial charge in [0.25, 0.3) is 0 Å². The summed E-state index contributed by atoms with van der Waals surface area (Å²) in [5, 5.41) is 12.8. The molecule has 0 saturated carbocycles. The Bertz CT molecular complexity index is 1470. The second-order valence-corrected chi connectivity index (χ2v) is 6.98. The number of alkyl halides is 3. The number of aromatic amines is 1. The lowest BCUT2D eigenvalue weighted by molar-refractivity contribution is -0.192. The molecule has 10 nitrogen and oxygen atoms in total. The van der Waals surface area contributed by atoms with Gasteiger partial charge in [0.1, 0.15) is 0 Å². The number of halogens is 5. The average molecular weight is 513 g/mol. The lowest BCUT2D eigenvalue weighted by atomic mass is 10.2. The van der Waals surface area contributed by atoms with E-state index in [9.17, 15) is 26.7 Å². The quantitative estimate of drug-likeness (QED) is 0.281. The molecule has 4 rings (SSSR count). The van der Waals surface area contributed by atoms with Crippen molar-refractivity contribution in [1.29, 1.82) is 0 Å².